The van der Waals surface area contributed by atoms with Gasteiger partial charge in [-0.1, -0.05) is 0 Å². The molecule has 0 aromatic rings. The van der Waals surface area contributed by atoms with Gasteiger partial charge in [0.05, 0.1) is 50.8 Å². The Morgan fingerprint density at radius 1 is 0.652 bits per heavy atom. The fourth-order valence-corrected chi connectivity index (χ4v) is 1.61. The van der Waals surface area contributed by atoms with E-state index >= 15 is 0 Å². The third kappa shape index (κ3) is 11.0. The average Bonchev–Trinajstić information content (AvgIpc) is 2.51. The maximum absolute atomic E-state index is 9.74. The van der Waals surface area contributed by atoms with Gasteiger partial charge in [0.25, 0.3) is 0 Å². The van der Waals surface area contributed by atoms with E-state index in [-0.39, 0.29) is 25.4 Å². The third-order valence-electron chi connectivity index (χ3n) is 3.54. The van der Waals surface area contributed by atoms with Gasteiger partial charge < -0.3 is 33.9 Å². The van der Waals surface area contributed by atoms with E-state index in [1.807, 2.05) is 13.8 Å². The Morgan fingerprint density at radius 3 is 1.26 bits per heavy atom. The van der Waals surface area contributed by atoms with Crippen LogP contribution in [0.15, 0.2) is 0 Å². The van der Waals surface area contributed by atoms with Crippen LogP contribution in [0.25, 0.3) is 0 Å². The first kappa shape index (κ1) is 22.7. The fraction of sp³-hybridized carbons (Fsp3) is 1.00. The molecule has 0 bridgehead atoms. The summed E-state index contributed by atoms with van der Waals surface area (Å²) in [6.07, 6.45) is -2.36. The zero-order valence-corrected chi connectivity index (χ0v) is 15.2. The molecule has 0 aliphatic rings. The Hall–Kier alpha value is -0.280. The minimum atomic E-state index is -0.668. The van der Waals surface area contributed by atoms with Crippen LogP contribution in [0.1, 0.15) is 27.7 Å². The third-order valence-corrected chi connectivity index (χ3v) is 3.54. The van der Waals surface area contributed by atoms with E-state index in [1.165, 1.54) is 0 Å². The molecule has 0 saturated heterocycles. The van der Waals surface area contributed by atoms with Gasteiger partial charge >= 0.3 is 0 Å². The minimum absolute atomic E-state index is 0.0553. The van der Waals surface area contributed by atoms with E-state index in [0.29, 0.717) is 13.2 Å². The summed E-state index contributed by atoms with van der Waals surface area (Å²) >= 11 is 0. The Bertz CT molecular complexity index is 247. The van der Waals surface area contributed by atoms with Crippen molar-refractivity contribution in [3.8, 4) is 0 Å². The van der Waals surface area contributed by atoms with Crippen molar-refractivity contribution in [3.63, 3.8) is 0 Å². The fourth-order valence-electron chi connectivity index (χ4n) is 1.61. The zero-order chi connectivity index (χ0) is 17.8. The van der Waals surface area contributed by atoms with Crippen LogP contribution >= 0.6 is 0 Å². The molecule has 0 rings (SSSR count). The second kappa shape index (κ2) is 13.1. The van der Waals surface area contributed by atoms with Gasteiger partial charge in [0.2, 0.25) is 0 Å². The second-order valence-electron chi connectivity index (χ2n) is 5.85. The van der Waals surface area contributed by atoms with Crippen molar-refractivity contribution in [2.24, 2.45) is 0 Å². The molecule has 0 spiro atoms. The zero-order valence-electron chi connectivity index (χ0n) is 15.2. The highest BCUT2D eigenvalue weighted by atomic mass is 16.6. The summed E-state index contributed by atoms with van der Waals surface area (Å²) in [5, 5.41) is 19.5. The standard InChI is InChI=1S/C16H34O7/c1-11(19-5)7-22-15(13(3)17)9-21-10-16(14(4)18)23-8-12(2)20-6/h11-18H,7-10H2,1-6H3. The van der Waals surface area contributed by atoms with E-state index < -0.39 is 24.4 Å². The van der Waals surface area contributed by atoms with Crippen molar-refractivity contribution in [1.29, 1.82) is 0 Å². The lowest BCUT2D eigenvalue weighted by molar-refractivity contribution is -0.127. The van der Waals surface area contributed by atoms with E-state index in [1.54, 1.807) is 28.1 Å². The first-order valence-electron chi connectivity index (χ1n) is 8.04. The molecule has 7 nitrogen and oxygen atoms in total. The molecule has 0 saturated carbocycles. The number of aliphatic hydroxyl groups excluding tert-OH is 2. The highest BCUT2D eigenvalue weighted by Gasteiger charge is 2.21. The Balaban J connectivity index is 4.20. The van der Waals surface area contributed by atoms with E-state index in [4.69, 9.17) is 23.7 Å². The lowest BCUT2D eigenvalue weighted by Crippen LogP contribution is -2.38. The Labute approximate surface area is 139 Å². The molecule has 7 heteroatoms. The van der Waals surface area contributed by atoms with Gasteiger partial charge in [-0.25, -0.2) is 0 Å². The highest BCUT2D eigenvalue weighted by molar-refractivity contribution is 4.68. The van der Waals surface area contributed by atoms with Crippen molar-refractivity contribution in [2.45, 2.75) is 64.3 Å². The number of ether oxygens (including phenoxy) is 5. The predicted octanol–water partition coefficient (Wildman–Crippen LogP) is 0.605. The normalized spacial score (nSPS) is 19.8. The monoisotopic (exact) mass is 338 g/mol. The van der Waals surface area contributed by atoms with Crippen LogP contribution in [-0.2, 0) is 23.7 Å². The van der Waals surface area contributed by atoms with E-state index in [2.05, 4.69) is 0 Å². The summed E-state index contributed by atoms with van der Waals surface area (Å²) < 4.78 is 27.0. The predicted molar refractivity (Wildman–Crippen MR) is 86.6 cm³/mol. The molecule has 6 unspecified atom stereocenters. The molecule has 0 amide bonds. The summed E-state index contributed by atoms with van der Waals surface area (Å²) in [6, 6.07) is 0. The van der Waals surface area contributed by atoms with Gasteiger partial charge in [0, 0.05) is 14.2 Å². The Kier molecular flexibility index (Phi) is 12.9. The van der Waals surface area contributed by atoms with Gasteiger partial charge in [-0.05, 0) is 27.7 Å². The summed E-state index contributed by atoms with van der Waals surface area (Å²) in [5.41, 5.74) is 0. The van der Waals surface area contributed by atoms with E-state index in [9.17, 15) is 10.2 Å². The van der Waals surface area contributed by atoms with Crippen LogP contribution in [0.3, 0.4) is 0 Å². The van der Waals surface area contributed by atoms with Gasteiger partial charge in [-0.15, -0.1) is 0 Å². The molecule has 0 radical (unpaired) electrons. The lowest BCUT2D eigenvalue weighted by atomic mass is 10.2. The maximum Gasteiger partial charge on any atom is 0.106 e. The van der Waals surface area contributed by atoms with Gasteiger partial charge in [0.15, 0.2) is 0 Å². The molecule has 0 heterocycles. The average molecular weight is 338 g/mol. The SMILES string of the molecule is COC(C)COC(COCC(OCC(C)OC)C(C)O)C(C)O. The van der Waals surface area contributed by atoms with Crippen LogP contribution in [-0.4, -0.2) is 87.5 Å². The van der Waals surface area contributed by atoms with E-state index in [0.717, 1.165) is 0 Å². The van der Waals surface area contributed by atoms with Crippen LogP contribution in [0, 0.1) is 0 Å². The quantitative estimate of drug-likeness (QED) is 0.480. The topological polar surface area (TPSA) is 86.6 Å². The van der Waals surface area contributed by atoms with Gasteiger partial charge in [-0.2, -0.15) is 0 Å². The van der Waals surface area contributed by atoms with Crippen LogP contribution in [0.4, 0.5) is 0 Å². The molecule has 23 heavy (non-hydrogen) atoms. The first-order valence-corrected chi connectivity index (χ1v) is 8.04. The molecule has 0 aromatic carbocycles. The number of methoxy groups -OCH3 is 2. The minimum Gasteiger partial charge on any atom is -0.391 e. The molecule has 0 aliphatic heterocycles. The van der Waals surface area contributed by atoms with Gasteiger partial charge in [-0.3, -0.25) is 0 Å². The molecular formula is C16H34O7. The largest absolute Gasteiger partial charge is 0.391 e. The molecular weight excluding hydrogens is 304 g/mol. The molecule has 6 atom stereocenters. The summed E-state index contributed by atoms with van der Waals surface area (Å²) in [7, 11) is 3.21. The van der Waals surface area contributed by atoms with Crippen LogP contribution < -0.4 is 0 Å². The highest BCUT2D eigenvalue weighted by Crippen LogP contribution is 2.06. The maximum atomic E-state index is 9.74. The lowest BCUT2D eigenvalue weighted by Gasteiger charge is -2.25. The second-order valence-corrected chi connectivity index (χ2v) is 5.85. The van der Waals surface area contributed by atoms with Crippen molar-refractivity contribution < 1.29 is 33.9 Å². The molecule has 0 aromatic heterocycles. The van der Waals surface area contributed by atoms with Crippen LogP contribution in [0.2, 0.25) is 0 Å². The van der Waals surface area contributed by atoms with Crippen molar-refractivity contribution in [1.82, 2.24) is 0 Å². The first-order chi connectivity index (χ1) is 10.8. The number of hydrogen-bond acceptors (Lipinski definition) is 7. The molecule has 2 N–H and O–H groups in total. The smallest absolute Gasteiger partial charge is 0.106 e. The Morgan fingerprint density at radius 2 is 1.00 bits per heavy atom. The van der Waals surface area contributed by atoms with Gasteiger partial charge in [0.1, 0.15) is 12.2 Å². The van der Waals surface area contributed by atoms with Crippen molar-refractivity contribution >= 4 is 0 Å². The number of rotatable bonds is 14. The number of hydrogen-bond donors (Lipinski definition) is 2. The summed E-state index contributed by atoms with van der Waals surface area (Å²) in [6.45, 7) is 8.22. The molecule has 140 valence electrons. The summed E-state index contributed by atoms with van der Waals surface area (Å²) in [5.74, 6) is 0. The number of aliphatic hydroxyl groups is 2. The van der Waals surface area contributed by atoms with Crippen molar-refractivity contribution in [2.75, 3.05) is 40.6 Å². The summed E-state index contributed by atoms with van der Waals surface area (Å²) in [4.78, 5) is 0. The molecule has 0 fully saturated rings. The molecule has 0 aliphatic carbocycles. The van der Waals surface area contributed by atoms with Crippen LogP contribution in [0.5, 0.6) is 0 Å². The van der Waals surface area contributed by atoms with Crippen molar-refractivity contribution in [3.05, 3.63) is 0 Å².